The van der Waals surface area contributed by atoms with Crippen LogP contribution in [0.3, 0.4) is 0 Å². The van der Waals surface area contributed by atoms with Crippen molar-refractivity contribution in [2.45, 2.75) is 32.3 Å². The fourth-order valence-electron chi connectivity index (χ4n) is 2.71. The summed E-state index contributed by atoms with van der Waals surface area (Å²) in [6, 6.07) is 6.70. The van der Waals surface area contributed by atoms with E-state index in [1.807, 2.05) is 7.11 Å². The van der Waals surface area contributed by atoms with Gasteiger partial charge in [0.25, 0.3) is 0 Å². The average Bonchev–Trinajstić information content (AvgIpc) is 2.40. The van der Waals surface area contributed by atoms with Crippen molar-refractivity contribution < 1.29 is 4.74 Å². The molecule has 18 heavy (non-hydrogen) atoms. The standard InChI is InChI=1S/C15H24N2O/c1-12-3-4-15(13(11-12)5-8-16)17-9-6-14(18-2)7-10-17/h3-4,11,14H,5-10,16H2,1-2H3. The molecule has 0 aliphatic carbocycles. The first-order valence-corrected chi connectivity index (χ1v) is 6.82. The van der Waals surface area contributed by atoms with E-state index in [2.05, 4.69) is 30.0 Å². The molecule has 0 bridgehead atoms. The lowest BCUT2D eigenvalue weighted by molar-refractivity contribution is 0.0819. The number of aryl methyl sites for hydroxylation is 1. The average molecular weight is 248 g/mol. The molecule has 0 amide bonds. The monoisotopic (exact) mass is 248 g/mol. The van der Waals surface area contributed by atoms with Gasteiger partial charge in [0.2, 0.25) is 0 Å². The molecule has 0 spiro atoms. The molecule has 0 radical (unpaired) electrons. The lowest BCUT2D eigenvalue weighted by atomic mass is 10.0. The minimum absolute atomic E-state index is 0.435. The van der Waals surface area contributed by atoms with Crippen molar-refractivity contribution in [2.24, 2.45) is 5.73 Å². The second kappa shape index (κ2) is 6.21. The lowest BCUT2D eigenvalue weighted by Crippen LogP contribution is -2.37. The second-order valence-electron chi connectivity index (χ2n) is 5.09. The zero-order valence-electron chi connectivity index (χ0n) is 11.5. The van der Waals surface area contributed by atoms with Crippen LogP contribution in [0.15, 0.2) is 18.2 Å². The van der Waals surface area contributed by atoms with E-state index in [0.717, 1.165) is 32.4 Å². The molecular formula is C15H24N2O. The van der Waals surface area contributed by atoms with Gasteiger partial charge in [0.1, 0.15) is 0 Å². The molecule has 0 saturated carbocycles. The van der Waals surface area contributed by atoms with Crippen LogP contribution < -0.4 is 10.6 Å². The molecule has 2 rings (SSSR count). The Morgan fingerprint density at radius 2 is 2.06 bits per heavy atom. The van der Waals surface area contributed by atoms with Crippen LogP contribution in [0.2, 0.25) is 0 Å². The Balaban J connectivity index is 2.13. The number of benzene rings is 1. The molecular weight excluding hydrogens is 224 g/mol. The summed E-state index contributed by atoms with van der Waals surface area (Å²) in [6.07, 6.45) is 3.63. The van der Waals surface area contributed by atoms with Gasteiger partial charge in [-0.3, -0.25) is 0 Å². The van der Waals surface area contributed by atoms with Crippen LogP contribution in [0.5, 0.6) is 0 Å². The molecule has 1 fully saturated rings. The molecule has 1 aliphatic rings. The maximum Gasteiger partial charge on any atom is 0.0605 e. The van der Waals surface area contributed by atoms with E-state index in [-0.39, 0.29) is 0 Å². The van der Waals surface area contributed by atoms with Gasteiger partial charge in [0.15, 0.2) is 0 Å². The quantitative estimate of drug-likeness (QED) is 0.887. The Morgan fingerprint density at radius 1 is 1.33 bits per heavy atom. The molecule has 100 valence electrons. The van der Waals surface area contributed by atoms with Gasteiger partial charge in [-0.25, -0.2) is 0 Å². The number of anilines is 1. The van der Waals surface area contributed by atoms with Gasteiger partial charge in [0, 0.05) is 25.9 Å². The first-order valence-electron chi connectivity index (χ1n) is 6.82. The minimum Gasteiger partial charge on any atom is -0.381 e. The third kappa shape index (κ3) is 3.03. The molecule has 3 heteroatoms. The molecule has 1 saturated heterocycles. The fourth-order valence-corrected chi connectivity index (χ4v) is 2.71. The smallest absolute Gasteiger partial charge is 0.0605 e. The molecule has 1 aromatic rings. The molecule has 0 atom stereocenters. The number of piperidine rings is 1. The van der Waals surface area contributed by atoms with Crippen molar-refractivity contribution in [2.75, 3.05) is 31.6 Å². The summed E-state index contributed by atoms with van der Waals surface area (Å²) in [5, 5.41) is 0. The highest BCUT2D eigenvalue weighted by Gasteiger charge is 2.20. The number of methoxy groups -OCH3 is 1. The molecule has 2 N–H and O–H groups in total. The summed E-state index contributed by atoms with van der Waals surface area (Å²) >= 11 is 0. The van der Waals surface area contributed by atoms with E-state index in [4.69, 9.17) is 10.5 Å². The molecule has 1 heterocycles. The van der Waals surface area contributed by atoms with Crippen LogP contribution in [0.4, 0.5) is 5.69 Å². The second-order valence-corrected chi connectivity index (χ2v) is 5.09. The zero-order chi connectivity index (χ0) is 13.0. The molecule has 3 nitrogen and oxygen atoms in total. The minimum atomic E-state index is 0.435. The summed E-state index contributed by atoms with van der Waals surface area (Å²) in [7, 11) is 1.81. The number of rotatable bonds is 4. The Morgan fingerprint density at radius 3 is 2.67 bits per heavy atom. The topological polar surface area (TPSA) is 38.5 Å². The predicted octanol–water partition coefficient (Wildman–Crippen LogP) is 2.11. The van der Waals surface area contributed by atoms with Crippen molar-refractivity contribution in [3.05, 3.63) is 29.3 Å². The van der Waals surface area contributed by atoms with Gasteiger partial charge < -0.3 is 15.4 Å². The van der Waals surface area contributed by atoms with Crippen LogP contribution in [-0.2, 0) is 11.2 Å². The van der Waals surface area contributed by atoms with Crippen LogP contribution in [0.1, 0.15) is 24.0 Å². The number of hydrogen-bond donors (Lipinski definition) is 1. The van der Waals surface area contributed by atoms with Crippen LogP contribution in [-0.4, -0.2) is 32.8 Å². The number of nitrogens with two attached hydrogens (primary N) is 1. The van der Waals surface area contributed by atoms with Gasteiger partial charge in [0.05, 0.1) is 6.10 Å². The summed E-state index contributed by atoms with van der Waals surface area (Å²) in [5.41, 5.74) is 9.77. The normalized spacial score (nSPS) is 17.2. The third-order valence-electron chi connectivity index (χ3n) is 3.76. The predicted molar refractivity (Wildman–Crippen MR) is 76.2 cm³/mol. The van der Waals surface area contributed by atoms with Crippen molar-refractivity contribution in [3.63, 3.8) is 0 Å². The number of nitrogens with zero attached hydrogens (tertiary/aromatic N) is 1. The van der Waals surface area contributed by atoms with E-state index in [0.29, 0.717) is 12.6 Å². The summed E-state index contributed by atoms with van der Waals surface area (Å²) in [6.45, 7) is 5.02. The number of hydrogen-bond acceptors (Lipinski definition) is 3. The maximum atomic E-state index is 5.71. The van der Waals surface area contributed by atoms with E-state index in [9.17, 15) is 0 Å². The first kappa shape index (κ1) is 13.4. The van der Waals surface area contributed by atoms with E-state index < -0.39 is 0 Å². The third-order valence-corrected chi connectivity index (χ3v) is 3.76. The molecule has 0 unspecified atom stereocenters. The summed E-state index contributed by atoms with van der Waals surface area (Å²) < 4.78 is 5.43. The lowest BCUT2D eigenvalue weighted by Gasteiger charge is -2.34. The SMILES string of the molecule is COC1CCN(c2ccc(C)cc2CCN)CC1. The molecule has 0 aromatic heterocycles. The van der Waals surface area contributed by atoms with Crippen molar-refractivity contribution in [1.29, 1.82) is 0 Å². The molecule has 1 aliphatic heterocycles. The highest BCUT2D eigenvalue weighted by Crippen LogP contribution is 2.26. The Bertz CT molecular complexity index is 384. The molecule has 1 aromatic carbocycles. The van der Waals surface area contributed by atoms with Gasteiger partial charge in [-0.2, -0.15) is 0 Å². The van der Waals surface area contributed by atoms with Crippen molar-refractivity contribution in [1.82, 2.24) is 0 Å². The van der Waals surface area contributed by atoms with E-state index in [1.54, 1.807) is 0 Å². The Hall–Kier alpha value is -1.06. The maximum absolute atomic E-state index is 5.71. The Kier molecular flexibility index (Phi) is 4.61. The zero-order valence-corrected chi connectivity index (χ0v) is 11.5. The largest absolute Gasteiger partial charge is 0.381 e. The van der Waals surface area contributed by atoms with Crippen molar-refractivity contribution >= 4 is 5.69 Å². The van der Waals surface area contributed by atoms with E-state index in [1.165, 1.54) is 16.8 Å². The Labute approximate surface area is 110 Å². The number of ether oxygens (including phenoxy) is 1. The first-order chi connectivity index (χ1) is 8.74. The highest BCUT2D eigenvalue weighted by molar-refractivity contribution is 5.55. The van der Waals surface area contributed by atoms with Gasteiger partial charge >= 0.3 is 0 Å². The van der Waals surface area contributed by atoms with Crippen LogP contribution in [0.25, 0.3) is 0 Å². The van der Waals surface area contributed by atoms with Crippen LogP contribution >= 0.6 is 0 Å². The summed E-state index contributed by atoms with van der Waals surface area (Å²) in [4.78, 5) is 2.47. The summed E-state index contributed by atoms with van der Waals surface area (Å²) in [5.74, 6) is 0. The van der Waals surface area contributed by atoms with Gasteiger partial charge in [-0.05, 0) is 44.4 Å². The van der Waals surface area contributed by atoms with Gasteiger partial charge in [-0.15, -0.1) is 0 Å². The van der Waals surface area contributed by atoms with Crippen LogP contribution in [0, 0.1) is 6.92 Å². The van der Waals surface area contributed by atoms with Gasteiger partial charge in [-0.1, -0.05) is 17.7 Å². The van der Waals surface area contributed by atoms with E-state index >= 15 is 0 Å². The van der Waals surface area contributed by atoms with Crippen molar-refractivity contribution in [3.8, 4) is 0 Å². The highest BCUT2D eigenvalue weighted by atomic mass is 16.5. The fraction of sp³-hybridized carbons (Fsp3) is 0.600.